The summed E-state index contributed by atoms with van der Waals surface area (Å²) in [6.45, 7) is 0. The molecular weight excluding hydrogens is 178 g/mol. The van der Waals surface area contributed by atoms with Gasteiger partial charge < -0.3 is 0 Å². The number of halogens is 6. The Hall–Kier alpha value is -0.580. The number of hydrogen-bond donors (Lipinski definition) is 0. The average Bonchev–Trinajstić information content (AvgIpc) is 1.84. The van der Waals surface area contributed by atoms with Gasteiger partial charge in [0.05, 0.1) is 0 Å². The third-order valence-corrected chi connectivity index (χ3v) is 0.690. The Balaban J connectivity index is 4.71. The van der Waals surface area contributed by atoms with Crippen molar-refractivity contribution in [3.63, 3.8) is 0 Å². The molecule has 0 amide bonds. The lowest BCUT2D eigenvalue weighted by molar-refractivity contribution is 0.368. The van der Waals surface area contributed by atoms with Crippen LogP contribution in [0.1, 0.15) is 0 Å². The molecule has 0 saturated carbocycles. The van der Waals surface area contributed by atoms with E-state index in [0.717, 1.165) is 0 Å². The second kappa shape index (κ2) is 3.55. The van der Waals surface area contributed by atoms with Crippen molar-refractivity contribution in [2.24, 2.45) is 0 Å². The maximum atomic E-state index is 11.6. The van der Waals surface area contributed by atoms with Gasteiger partial charge in [0, 0.05) is 0 Å². The van der Waals surface area contributed by atoms with E-state index < -0.39 is 23.0 Å². The lowest BCUT2D eigenvalue weighted by atomic mass is 10.5. The van der Waals surface area contributed by atoms with E-state index in [1.807, 2.05) is 0 Å². The minimum absolute atomic E-state index is 2.13. The van der Waals surface area contributed by atoms with Crippen molar-refractivity contribution in [2.75, 3.05) is 0 Å². The molecule has 0 spiro atoms. The van der Waals surface area contributed by atoms with E-state index >= 15 is 0 Å². The van der Waals surface area contributed by atoms with Gasteiger partial charge in [-0.05, 0) is 11.6 Å². The van der Waals surface area contributed by atoms with E-state index in [2.05, 4.69) is 11.6 Å². The Labute approximate surface area is 57.6 Å². The quantitative estimate of drug-likeness (QED) is 0.426. The zero-order chi connectivity index (χ0) is 8.31. The van der Waals surface area contributed by atoms with Crippen molar-refractivity contribution in [3.05, 3.63) is 23.0 Å². The number of rotatable bonds is 1. The fourth-order valence-electron chi connectivity index (χ4n) is 0.166. The van der Waals surface area contributed by atoms with Crippen molar-refractivity contribution >= 4 is 11.6 Å². The van der Waals surface area contributed by atoms with Gasteiger partial charge in [-0.2, -0.15) is 22.0 Å². The monoisotopic (exact) mass is 178 g/mol. The summed E-state index contributed by atoms with van der Waals surface area (Å²) < 4.78 is 56.6. The molecule has 58 valence electrons. The van der Waals surface area contributed by atoms with Gasteiger partial charge in [-0.3, -0.25) is 0 Å². The molecule has 0 unspecified atom stereocenters. The molecule has 0 rings (SSSR count). The number of allylic oxidation sites excluding steroid dienone is 2. The van der Waals surface area contributed by atoms with Crippen LogP contribution in [0.15, 0.2) is 23.0 Å². The predicted octanol–water partition coefficient (Wildman–Crippen LogP) is 3.41. The second-order valence-corrected chi connectivity index (χ2v) is 1.48. The van der Waals surface area contributed by atoms with Gasteiger partial charge in [-0.25, -0.2) is 0 Å². The summed E-state index contributed by atoms with van der Waals surface area (Å²) >= 11 is 4.20. The molecule has 6 heteroatoms. The normalized spacial score (nSPS) is 12.6. The summed E-state index contributed by atoms with van der Waals surface area (Å²) in [6, 6.07) is 0. The molecule has 10 heavy (non-hydrogen) atoms. The molecule has 0 N–H and O–H groups in total. The smallest absolute Gasteiger partial charge is 0.199 e. The lowest BCUT2D eigenvalue weighted by Gasteiger charge is -1.88. The van der Waals surface area contributed by atoms with Crippen LogP contribution in [0, 0.1) is 0 Å². The molecule has 0 bridgehead atoms. The Morgan fingerprint density at radius 2 is 1.20 bits per heavy atom. The molecular formula is C4ClF5. The highest BCUT2D eigenvalue weighted by molar-refractivity contribution is 6.28. The van der Waals surface area contributed by atoms with Crippen LogP contribution in [-0.2, 0) is 0 Å². The zero-order valence-corrected chi connectivity index (χ0v) is 5.02. The molecule has 0 heterocycles. The van der Waals surface area contributed by atoms with E-state index in [9.17, 15) is 22.0 Å². The maximum absolute atomic E-state index is 11.6. The molecule has 0 fully saturated rings. The fraction of sp³-hybridized carbons (Fsp3) is 0. The van der Waals surface area contributed by atoms with E-state index in [0.29, 0.717) is 0 Å². The molecule has 0 atom stereocenters. The van der Waals surface area contributed by atoms with Crippen LogP contribution < -0.4 is 0 Å². The molecule has 0 aliphatic rings. The topological polar surface area (TPSA) is 0 Å². The standard InChI is InChI=1S/C4ClF5/c5-3(8)1(6)2(7)4(9)10. The zero-order valence-electron chi connectivity index (χ0n) is 4.27. The van der Waals surface area contributed by atoms with Gasteiger partial charge in [0.1, 0.15) is 0 Å². The fourth-order valence-corrected chi connectivity index (χ4v) is 0.249. The Bertz CT molecular complexity index is 164. The van der Waals surface area contributed by atoms with Gasteiger partial charge in [0.2, 0.25) is 16.9 Å². The van der Waals surface area contributed by atoms with Gasteiger partial charge in [0.25, 0.3) is 0 Å². The summed E-state index contributed by atoms with van der Waals surface area (Å²) in [4.78, 5) is 0. The summed E-state index contributed by atoms with van der Waals surface area (Å²) in [7, 11) is 0. The molecule has 0 nitrogen and oxygen atoms in total. The van der Waals surface area contributed by atoms with Crippen molar-refractivity contribution in [1.82, 2.24) is 0 Å². The first-order valence-electron chi connectivity index (χ1n) is 1.88. The minimum atomic E-state index is -2.95. The summed E-state index contributed by atoms with van der Waals surface area (Å²) in [5, 5.41) is -2.13. The molecule has 0 aliphatic heterocycles. The Morgan fingerprint density at radius 3 is 1.30 bits per heavy atom. The highest BCUT2D eigenvalue weighted by Crippen LogP contribution is 2.25. The third kappa shape index (κ3) is 2.34. The first kappa shape index (κ1) is 9.42. The van der Waals surface area contributed by atoms with Crippen molar-refractivity contribution in [1.29, 1.82) is 0 Å². The summed E-state index contributed by atoms with van der Waals surface area (Å²) in [5.41, 5.74) is 0. The SMILES string of the molecule is FC(F)=C(F)C(F)=C(F)Cl. The lowest BCUT2D eigenvalue weighted by Crippen LogP contribution is -1.78. The van der Waals surface area contributed by atoms with Crippen LogP contribution in [0.2, 0.25) is 0 Å². The van der Waals surface area contributed by atoms with E-state index in [-0.39, 0.29) is 0 Å². The summed E-state index contributed by atoms with van der Waals surface area (Å²) in [6.07, 6.45) is -2.95. The van der Waals surface area contributed by atoms with Crippen LogP contribution in [0.3, 0.4) is 0 Å². The van der Waals surface area contributed by atoms with Crippen molar-refractivity contribution in [2.45, 2.75) is 0 Å². The largest absolute Gasteiger partial charge is 0.308 e. The Kier molecular flexibility index (Phi) is 3.35. The van der Waals surface area contributed by atoms with E-state index in [1.165, 1.54) is 0 Å². The highest BCUT2D eigenvalue weighted by Gasteiger charge is 2.15. The van der Waals surface area contributed by atoms with Gasteiger partial charge in [0.15, 0.2) is 0 Å². The molecule has 0 aromatic rings. The predicted molar refractivity (Wildman–Crippen MR) is 25.4 cm³/mol. The summed E-state index contributed by atoms with van der Waals surface area (Å²) in [5.74, 6) is -4.96. The van der Waals surface area contributed by atoms with Crippen molar-refractivity contribution < 1.29 is 22.0 Å². The first-order chi connectivity index (χ1) is 4.46. The maximum Gasteiger partial charge on any atom is 0.308 e. The van der Waals surface area contributed by atoms with Crippen molar-refractivity contribution in [3.8, 4) is 0 Å². The minimum Gasteiger partial charge on any atom is -0.199 e. The first-order valence-corrected chi connectivity index (χ1v) is 2.26. The second-order valence-electron chi connectivity index (χ2n) is 1.15. The van der Waals surface area contributed by atoms with Crippen LogP contribution >= 0.6 is 11.6 Å². The van der Waals surface area contributed by atoms with Crippen LogP contribution in [0.5, 0.6) is 0 Å². The molecule has 0 radical (unpaired) electrons. The Morgan fingerprint density at radius 1 is 0.800 bits per heavy atom. The van der Waals surface area contributed by atoms with Gasteiger partial charge >= 0.3 is 6.08 Å². The van der Waals surface area contributed by atoms with Crippen LogP contribution in [0.25, 0.3) is 0 Å². The van der Waals surface area contributed by atoms with Gasteiger partial charge in [-0.1, -0.05) is 0 Å². The molecule has 0 saturated heterocycles. The highest BCUT2D eigenvalue weighted by atomic mass is 35.5. The average molecular weight is 178 g/mol. The molecule has 0 aliphatic carbocycles. The number of hydrogen-bond acceptors (Lipinski definition) is 0. The molecule has 0 aromatic carbocycles. The third-order valence-electron chi connectivity index (χ3n) is 0.525. The molecule has 0 aromatic heterocycles. The van der Waals surface area contributed by atoms with Crippen LogP contribution in [0.4, 0.5) is 22.0 Å². The van der Waals surface area contributed by atoms with Gasteiger partial charge in [-0.15, -0.1) is 0 Å². The van der Waals surface area contributed by atoms with Crippen LogP contribution in [-0.4, -0.2) is 0 Å². The van der Waals surface area contributed by atoms with E-state index in [1.54, 1.807) is 0 Å². The van der Waals surface area contributed by atoms with E-state index in [4.69, 9.17) is 0 Å².